The summed E-state index contributed by atoms with van der Waals surface area (Å²) in [6.07, 6.45) is 4.68. The zero-order valence-electron chi connectivity index (χ0n) is 18.3. The van der Waals surface area contributed by atoms with Gasteiger partial charge < -0.3 is 10.6 Å². The number of nitrogens with zero attached hydrogens (tertiary/aromatic N) is 2. The van der Waals surface area contributed by atoms with Crippen LogP contribution in [0, 0.1) is 6.92 Å². The zero-order chi connectivity index (χ0) is 22.2. The molecule has 2 aromatic carbocycles. The molecule has 2 heterocycles. The Kier molecular flexibility index (Phi) is 5.13. The van der Waals surface area contributed by atoms with Gasteiger partial charge in [-0.2, -0.15) is 5.10 Å². The van der Waals surface area contributed by atoms with Crippen LogP contribution in [0.2, 0.25) is 0 Å². The van der Waals surface area contributed by atoms with Crippen LogP contribution >= 0.6 is 0 Å². The van der Waals surface area contributed by atoms with Crippen molar-refractivity contribution in [1.82, 2.24) is 9.78 Å². The molecule has 1 aliphatic heterocycles. The van der Waals surface area contributed by atoms with E-state index in [0.29, 0.717) is 17.8 Å². The van der Waals surface area contributed by atoms with Gasteiger partial charge in [0.25, 0.3) is 5.91 Å². The molecule has 32 heavy (non-hydrogen) atoms. The van der Waals surface area contributed by atoms with Gasteiger partial charge in [-0.25, -0.2) is 4.68 Å². The predicted octanol–water partition coefficient (Wildman–Crippen LogP) is 5.03. The minimum atomic E-state index is -0.333. The van der Waals surface area contributed by atoms with Crippen molar-refractivity contribution in [2.75, 3.05) is 10.6 Å². The van der Waals surface area contributed by atoms with Crippen LogP contribution in [0.5, 0.6) is 0 Å². The Hall–Kier alpha value is -3.67. The summed E-state index contributed by atoms with van der Waals surface area (Å²) in [5.41, 5.74) is 6.24. The van der Waals surface area contributed by atoms with Crippen molar-refractivity contribution in [3.8, 4) is 0 Å². The van der Waals surface area contributed by atoms with E-state index in [2.05, 4.69) is 46.9 Å². The normalized spacial score (nSPS) is 17.4. The number of hydrogen-bond acceptors (Lipinski definition) is 4. The number of rotatable bonds is 4. The largest absolute Gasteiger partial charge is 0.343 e. The number of aryl methyl sites for hydroxylation is 2. The predicted molar refractivity (Wildman–Crippen MR) is 125 cm³/mol. The van der Waals surface area contributed by atoms with Crippen molar-refractivity contribution in [3.63, 3.8) is 0 Å². The molecule has 6 nitrogen and oxygen atoms in total. The van der Waals surface area contributed by atoms with Gasteiger partial charge in [0.05, 0.1) is 6.20 Å². The summed E-state index contributed by atoms with van der Waals surface area (Å²) in [7, 11) is 0. The lowest BCUT2D eigenvalue weighted by atomic mass is 9.85. The minimum absolute atomic E-state index is 0.148. The number of carbonyl (C=O) groups is 2. The van der Waals surface area contributed by atoms with E-state index in [1.165, 1.54) is 5.56 Å². The summed E-state index contributed by atoms with van der Waals surface area (Å²) < 4.78 is 1.78. The first-order chi connectivity index (χ1) is 15.5. The summed E-state index contributed by atoms with van der Waals surface area (Å²) in [6.45, 7) is 4.13. The number of Topliss-reactive ketones (excluding diaryl/α,β-unsaturated/α-hetero) is 1. The molecule has 1 aliphatic carbocycles. The standard InChI is InChI=1S/C26H26N4O2/c1-3-17-9-11-18(12-10-17)24-23-21(5-4-6-22(23)31)29-25-20(15-27-30(24)25)26(32)28-19-13-7-16(2)8-14-19/h7-15,24,29H,3-6H2,1-2H3,(H,28,32)/t24-/m1/s1. The average molecular weight is 427 g/mol. The number of fused-ring (bicyclic) bond motifs is 1. The van der Waals surface area contributed by atoms with Crippen molar-refractivity contribution in [3.05, 3.63) is 88.3 Å². The molecule has 1 aromatic heterocycles. The average Bonchev–Trinajstić information content (AvgIpc) is 3.23. The molecule has 2 aliphatic rings. The number of allylic oxidation sites excluding steroid dienone is 2. The third kappa shape index (κ3) is 3.51. The number of carbonyl (C=O) groups excluding carboxylic acids is 2. The third-order valence-electron chi connectivity index (χ3n) is 6.30. The highest BCUT2D eigenvalue weighted by molar-refractivity contribution is 6.08. The van der Waals surface area contributed by atoms with E-state index < -0.39 is 0 Å². The lowest BCUT2D eigenvalue weighted by Gasteiger charge is -2.33. The molecule has 3 aromatic rings. The Morgan fingerprint density at radius 1 is 1.12 bits per heavy atom. The smallest absolute Gasteiger partial charge is 0.261 e. The van der Waals surface area contributed by atoms with Gasteiger partial charge in [-0.15, -0.1) is 0 Å². The second-order valence-corrected chi connectivity index (χ2v) is 8.46. The highest BCUT2D eigenvalue weighted by Gasteiger charge is 2.37. The molecule has 0 fully saturated rings. The maximum Gasteiger partial charge on any atom is 0.261 e. The van der Waals surface area contributed by atoms with E-state index in [1.807, 2.05) is 31.2 Å². The summed E-state index contributed by atoms with van der Waals surface area (Å²) in [6, 6.07) is 15.7. The number of nitrogens with one attached hydrogen (secondary N) is 2. The van der Waals surface area contributed by atoms with Crippen LogP contribution < -0.4 is 10.6 Å². The fourth-order valence-electron chi connectivity index (χ4n) is 4.50. The van der Waals surface area contributed by atoms with Crippen LogP contribution in [0.1, 0.15) is 59.3 Å². The van der Waals surface area contributed by atoms with E-state index in [-0.39, 0.29) is 17.7 Å². The molecule has 6 heteroatoms. The summed E-state index contributed by atoms with van der Waals surface area (Å²) in [4.78, 5) is 26.0. The molecule has 0 spiro atoms. The first kappa shape index (κ1) is 20.2. The molecule has 2 N–H and O–H groups in total. The highest BCUT2D eigenvalue weighted by atomic mass is 16.1. The Morgan fingerprint density at radius 3 is 2.59 bits per heavy atom. The minimum Gasteiger partial charge on any atom is -0.343 e. The monoisotopic (exact) mass is 426 g/mol. The second-order valence-electron chi connectivity index (χ2n) is 8.46. The molecule has 1 atom stereocenters. The number of amides is 1. The van der Waals surface area contributed by atoms with Gasteiger partial charge in [-0.1, -0.05) is 48.9 Å². The van der Waals surface area contributed by atoms with Crippen molar-refractivity contribution in [2.45, 2.75) is 45.6 Å². The van der Waals surface area contributed by atoms with Crippen LogP contribution in [0.3, 0.4) is 0 Å². The first-order valence-electron chi connectivity index (χ1n) is 11.1. The Balaban J connectivity index is 1.55. The summed E-state index contributed by atoms with van der Waals surface area (Å²) in [5.74, 6) is 0.552. The molecule has 0 radical (unpaired) electrons. The lowest BCUT2D eigenvalue weighted by molar-refractivity contribution is -0.116. The molecular weight excluding hydrogens is 400 g/mol. The SMILES string of the molecule is CCc1ccc([C@@H]2C3=C(CCCC3=O)Nc3c(C(=O)Nc4ccc(C)cc4)cnn32)cc1. The van der Waals surface area contributed by atoms with Crippen LogP contribution in [0.25, 0.3) is 0 Å². The van der Waals surface area contributed by atoms with E-state index >= 15 is 0 Å². The van der Waals surface area contributed by atoms with Crippen molar-refractivity contribution in [2.24, 2.45) is 0 Å². The van der Waals surface area contributed by atoms with Crippen molar-refractivity contribution in [1.29, 1.82) is 0 Å². The van der Waals surface area contributed by atoms with E-state index in [4.69, 9.17) is 0 Å². The molecule has 162 valence electrons. The quantitative estimate of drug-likeness (QED) is 0.614. The Bertz CT molecular complexity index is 1220. The van der Waals surface area contributed by atoms with Gasteiger partial charge in [-0.05, 0) is 49.4 Å². The Morgan fingerprint density at radius 2 is 1.88 bits per heavy atom. The van der Waals surface area contributed by atoms with Gasteiger partial charge in [0, 0.05) is 23.4 Å². The Labute approximate surface area is 187 Å². The molecular formula is C26H26N4O2. The molecule has 0 unspecified atom stereocenters. The molecule has 0 saturated carbocycles. The summed E-state index contributed by atoms with van der Waals surface area (Å²) in [5, 5.41) is 10.9. The maximum absolute atomic E-state index is 13.1. The van der Waals surface area contributed by atoms with Crippen molar-refractivity contribution < 1.29 is 9.59 Å². The van der Waals surface area contributed by atoms with E-state index in [9.17, 15) is 9.59 Å². The molecule has 0 bridgehead atoms. The zero-order valence-corrected chi connectivity index (χ0v) is 18.3. The fourth-order valence-corrected chi connectivity index (χ4v) is 4.50. The van der Waals surface area contributed by atoms with Crippen LogP contribution in [0.15, 0.2) is 66.0 Å². The summed E-state index contributed by atoms with van der Waals surface area (Å²) >= 11 is 0. The number of benzene rings is 2. The van der Waals surface area contributed by atoms with Gasteiger partial charge in [-0.3, -0.25) is 9.59 Å². The third-order valence-corrected chi connectivity index (χ3v) is 6.30. The number of hydrogen-bond donors (Lipinski definition) is 2. The molecule has 5 rings (SSSR count). The van der Waals surface area contributed by atoms with Crippen molar-refractivity contribution >= 4 is 23.2 Å². The van der Waals surface area contributed by atoms with Crippen LogP contribution in [-0.4, -0.2) is 21.5 Å². The van der Waals surface area contributed by atoms with Gasteiger partial charge >= 0.3 is 0 Å². The maximum atomic E-state index is 13.1. The van der Waals surface area contributed by atoms with Crippen LogP contribution in [0.4, 0.5) is 11.5 Å². The first-order valence-corrected chi connectivity index (χ1v) is 11.1. The van der Waals surface area contributed by atoms with Crippen LogP contribution in [-0.2, 0) is 11.2 Å². The van der Waals surface area contributed by atoms with Gasteiger partial charge in [0.2, 0.25) is 0 Å². The van der Waals surface area contributed by atoms with E-state index in [1.54, 1.807) is 10.9 Å². The van der Waals surface area contributed by atoms with E-state index in [0.717, 1.165) is 47.3 Å². The van der Waals surface area contributed by atoms with Gasteiger partial charge in [0.15, 0.2) is 5.78 Å². The number of anilines is 2. The highest BCUT2D eigenvalue weighted by Crippen LogP contribution is 2.41. The molecule has 0 saturated heterocycles. The topological polar surface area (TPSA) is 76.0 Å². The molecule has 1 amide bonds. The van der Waals surface area contributed by atoms with Gasteiger partial charge in [0.1, 0.15) is 17.4 Å². The fraction of sp³-hybridized carbons (Fsp3) is 0.269. The number of aromatic nitrogens is 2. The lowest BCUT2D eigenvalue weighted by Crippen LogP contribution is -2.32. The number of ketones is 1. The second kappa shape index (κ2) is 8.11.